The fraction of sp³-hybridized carbons (Fsp3) is 0.273. The fourth-order valence-electron chi connectivity index (χ4n) is 1.51. The smallest absolute Gasteiger partial charge is 0.336 e. The molecular weight excluding hydrogens is 224 g/mol. The Hall–Kier alpha value is -1.62. The van der Waals surface area contributed by atoms with Gasteiger partial charge in [-0.2, -0.15) is 5.10 Å². The number of carboxylic acids is 1. The number of thiophene rings is 1. The Kier molecular flexibility index (Phi) is 3.05. The number of aromatic carboxylic acids is 1. The summed E-state index contributed by atoms with van der Waals surface area (Å²) in [7, 11) is 0. The molecule has 16 heavy (non-hydrogen) atoms. The van der Waals surface area contributed by atoms with Gasteiger partial charge in [0, 0.05) is 18.1 Å². The zero-order valence-electron chi connectivity index (χ0n) is 8.88. The zero-order valence-corrected chi connectivity index (χ0v) is 9.70. The number of hydrogen-bond donors (Lipinski definition) is 1. The van der Waals surface area contributed by atoms with E-state index in [4.69, 9.17) is 5.11 Å². The summed E-state index contributed by atoms with van der Waals surface area (Å²) in [5, 5.41) is 14.7. The van der Waals surface area contributed by atoms with Gasteiger partial charge in [-0.1, -0.05) is 6.92 Å². The number of nitrogens with zero attached hydrogens (tertiary/aromatic N) is 2. The molecule has 0 aliphatic rings. The van der Waals surface area contributed by atoms with Crippen molar-refractivity contribution < 1.29 is 9.90 Å². The van der Waals surface area contributed by atoms with Crippen molar-refractivity contribution in [3.8, 4) is 10.6 Å². The van der Waals surface area contributed by atoms with Crippen molar-refractivity contribution in [3.63, 3.8) is 0 Å². The molecule has 0 atom stereocenters. The van der Waals surface area contributed by atoms with Crippen LogP contribution < -0.4 is 0 Å². The molecule has 1 N–H and O–H groups in total. The third-order valence-corrected chi connectivity index (χ3v) is 3.20. The molecule has 0 bridgehead atoms. The van der Waals surface area contributed by atoms with Crippen LogP contribution >= 0.6 is 11.3 Å². The Balaban J connectivity index is 2.34. The lowest BCUT2D eigenvalue weighted by Crippen LogP contribution is -2.00. The van der Waals surface area contributed by atoms with Crippen LogP contribution in [0.2, 0.25) is 0 Å². The van der Waals surface area contributed by atoms with Crippen molar-refractivity contribution in [1.82, 2.24) is 9.78 Å². The lowest BCUT2D eigenvalue weighted by Gasteiger charge is -2.02. The van der Waals surface area contributed by atoms with Gasteiger partial charge in [0.25, 0.3) is 0 Å². The number of carboxylic acid groups (broad SMARTS) is 1. The van der Waals surface area contributed by atoms with Crippen LogP contribution in [-0.4, -0.2) is 20.9 Å². The summed E-state index contributed by atoms with van der Waals surface area (Å²) < 4.78 is 1.90. The summed E-state index contributed by atoms with van der Waals surface area (Å²) in [6, 6.07) is 3.60. The van der Waals surface area contributed by atoms with E-state index >= 15 is 0 Å². The number of rotatable bonds is 4. The molecule has 0 spiro atoms. The molecule has 5 heteroatoms. The SMILES string of the molecule is CCCn1nccc1-c1cc(C(=O)O)cs1. The van der Waals surface area contributed by atoms with E-state index in [2.05, 4.69) is 12.0 Å². The minimum absolute atomic E-state index is 0.337. The van der Waals surface area contributed by atoms with Crippen molar-refractivity contribution in [3.05, 3.63) is 29.3 Å². The maximum atomic E-state index is 10.8. The molecule has 0 fully saturated rings. The highest BCUT2D eigenvalue weighted by molar-refractivity contribution is 7.13. The summed E-state index contributed by atoms with van der Waals surface area (Å²) in [6.45, 7) is 2.94. The number of aromatic nitrogens is 2. The van der Waals surface area contributed by atoms with Crippen molar-refractivity contribution in [2.75, 3.05) is 0 Å². The monoisotopic (exact) mass is 236 g/mol. The number of carbonyl (C=O) groups is 1. The predicted molar refractivity (Wildman–Crippen MR) is 62.8 cm³/mol. The van der Waals surface area contributed by atoms with Gasteiger partial charge in [0.1, 0.15) is 0 Å². The van der Waals surface area contributed by atoms with Crippen molar-refractivity contribution in [2.45, 2.75) is 19.9 Å². The standard InChI is InChI=1S/C11H12N2O2S/c1-2-5-13-9(3-4-12-13)10-6-8(7-16-10)11(14)15/h3-4,6-7H,2,5H2,1H3,(H,14,15). The Morgan fingerprint density at radius 2 is 2.44 bits per heavy atom. The van der Waals surface area contributed by atoms with E-state index in [-0.39, 0.29) is 0 Å². The summed E-state index contributed by atoms with van der Waals surface area (Å²) >= 11 is 1.43. The molecule has 0 aromatic carbocycles. The highest BCUT2D eigenvalue weighted by atomic mass is 32.1. The van der Waals surface area contributed by atoms with E-state index in [0.717, 1.165) is 23.5 Å². The third-order valence-electron chi connectivity index (χ3n) is 2.25. The Morgan fingerprint density at radius 3 is 3.06 bits per heavy atom. The summed E-state index contributed by atoms with van der Waals surface area (Å²) in [4.78, 5) is 11.7. The van der Waals surface area contributed by atoms with Gasteiger partial charge in [0.15, 0.2) is 0 Å². The van der Waals surface area contributed by atoms with Gasteiger partial charge in [-0.3, -0.25) is 4.68 Å². The molecule has 0 saturated heterocycles. The summed E-state index contributed by atoms with van der Waals surface area (Å²) in [5.41, 5.74) is 1.32. The first-order valence-electron chi connectivity index (χ1n) is 5.06. The first kappa shape index (κ1) is 10.9. The van der Waals surface area contributed by atoms with E-state index in [1.54, 1.807) is 17.6 Å². The predicted octanol–water partition coefficient (Wildman–Crippen LogP) is 2.72. The lowest BCUT2D eigenvalue weighted by molar-refractivity contribution is 0.0697. The average molecular weight is 236 g/mol. The van der Waals surface area contributed by atoms with Crippen LogP contribution in [-0.2, 0) is 6.54 Å². The van der Waals surface area contributed by atoms with Gasteiger partial charge in [-0.05, 0) is 18.6 Å². The second kappa shape index (κ2) is 4.49. The van der Waals surface area contributed by atoms with Crippen molar-refractivity contribution in [1.29, 1.82) is 0 Å². The molecule has 0 aliphatic heterocycles. The highest BCUT2D eigenvalue weighted by Crippen LogP contribution is 2.27. The normalized spacial score (nSPS) is 10.6. The molecule has 2 rings (SSSR count). The lowest BCUT2D eigenvalue weighted by atomic mass is 10.2. The second-order valence-electron chi connectivity index (χ2n) is 3.44. The highest BCUT2D eigenvalue weighted by Gasteiger charge is 2.11. The Bertz CT molecular complexity index is 502. The van der Waals surface area contributed by atoms with Gasteiger partial charge in [-0.15, -0.1) is 11.3 Å². The van der Waals surface area contributed by atoms with Crippen LogP contribution in [0.1, 0.15) is 23.7 Å². The zero-order chi connectivity index (χ0) is 11.5. The summed E-state index contributed by atoms with van der Waals surface area (Å²) in [5.74, 6) is -0.885. The molecule has 0 radical (unpaired) electrons. The molecule has 2 aromatic heterocycles. The topological polar surface area (TPSA) is 55.1 Å². The van der Waals surface area contributed by atoms with Gasteiger partial charge >= 0.3 is 5.97 Å². The largest absolute Gasteiger partial charge is 0.478 e. The molecule has 0 aliphatic carbocycles. The van der Waals surface area contributed by atoms with Gasteiger partial charge in [-0.25, -0.2) is 4.79 Å². The van der Waals surface area contributed by atoms with E-state index in [9.17, 15) is 4.79 Å². The molecule has 4 nitrogen and oxygen atoms in total. The van der Waals surface area contributed by atoms with E-state index < -0.39 is 5.97 Å². The molecule has 84 valence electrons. The van der Waals surface area contributed by atoms with Crippen LogP contribution in [0.5, 0.6) is 0 Å². The molecule has 0 saturated carbocycles. The molecular formula is C11H12N2O2S. The fourth-order valence-corrected chi connectivity index (χ4v) is 2.43. The van der Waals surface area contributed by atoms with E-state index in [1.807, 2.05) is 10.7 Å². The van der Waals surface area contributed by atoms with Crippen molar-refractivity contribution >= 4 is 17.3 Å². The minimum atomic E-state index is -0.885. The molecule has 2 aromatic rings. The average Bonchev–Trinajstić information content (AvgIpc) is 2.84. The van der Waals surface area contributed by atoms with Crippen LogP contribution in [0.4, 0.5) is 0 Å². The van der Waals surface area contributed by atoms with Gasteiger partial charge in [0.2, 0.25) is 0 Å². The Labute approximate surface area is 97.2 Å². The minimum Gasteiger partial charge on any atom is -0.478 e. The summed E-state index contributed by atoms with van der Waals surface area (Å²) in [6.07, 6.45) is 2.75. The Morgan fingerprint density at radius 1 is 1.62 bits per heavy atom. The molecule has 0 amide bonds. The first-order chi connectivity index (χ1) is 7.72. The second-order valence-corrected chi connectivity index (χ2v) is 4.36. The third kappa shape index (κ3) is 1.99. The number of hydrogen-bond acceptors (Lipinski definition) is 3. The van der Waals surface area contributed by atoms with Gasteiger partial charge in [0.05, 0.1) is 16.1 Å². The van der Waals surface area contributed by atoms with Crippen LogP contribution in [0.3, 0.4) is 0 Å². The van der Waals surface area contributed by atoms with Crippen LogP contribution in [0.25, 0.3) is 10.6 Å². The first-order valence-corrected chi connectivity index (χ1v) is 5.94. The quantitative estimate of drug-likeness (QED) is 0.888. The van der Waals surface area contributed by atoms with Crippen LogP contribution in [0.15, 0.2) is 23.7 Å². The van der Waals surface area contributed by atoms with E-state index in [0.29, 0.717) is 5.56 Å². The molecule has 0 unspecified atom stereocenters. The maximum Gasteiger partial charge on any atom is 0.336 e. The van der Waals surface area contributed by atoms with E-state index in [1.165, 1.54) is 11.3 Å². The number of aryl methyl sites for hydroxylation is 1. The van der Waals surface area contributed by atoms with Crippen molar-refractivity contribution in [2.24, 2.45) is 0 Å². The maximum absolute atomic E-state index is 10.8. The molecule has 2 heterocycles. The van der Waals surface area contributed by atoms with Crippen LogP contribution in [0, 0.1) is 0 Å². The van der Waals surface area contributed by atoms with Gasteiger partial charge < -0.3 is 5.11 Å².